The molecular formula is C32H44. The number of hydrogen-bond donors (Lipinski definition) is 0. The number of hydrogen-bond acceptors (Lipinski definition) is 0. The van der Waals surface area contributed by atoms with Crippen LogP contribution < -0.4 is 0 Å². The van der Waals surface area contributed by atoms with Gasteiger partial charge in [0.1, 0.15) is 0 Å². The molecule has 3 aromatic rings. The molecule has 0 aliphatic carbocycles. The lowest BCUT2D eigenvalue weighted by molar-refractivity contribution is 0.525. The quantitative estimate of drug-likeness (QED) is 0.302. The predicted molar refractivity (Wildman–Crippen MR) is 143 cm³/mol. The van der Waals surface area contributed by atoms with E-state index in [0.29, 0.717) is 11.8 Å². The van der Waals surface area contributed by atoms with Gasteiger partial charge in [0.25, 0.3) is 0 Å². The fraction of sp³-hybridized carbons (Fsp3) is 0.438. The summed E-state index contributed by atoms with van der Waals surface area (Å²) in [5, 5.41) is 0. The van der Waals surface area contributed by atoms with E-state index in [4.69, 9.17) is 0 Å². The SMILES string of the molecule is CC.CCc1ccc(CCC(CC(C)c2ccc(CC)cc2)c2ccc(CC)cc2)cc1. The summed E-state index contributed by atoms with van der Waals surface area (Å²) in [6, 6.07) is 27.9. The van der Waals surface area contributed by atoms with Crippen molar-refractivity contribution in [2.24, 2.45) is 0 Å². The Balaban J connectivity index is 0.00000176. The highest BCUT2D eigenvalue weighted by atomic mass is 14.2. The Hall–Kier alpha value is -2.34. The first-order valence-electron chi connectivity index (χ1n) is 12.9. The van der Waals surface area contributed by atoms with Crippen LogP contribution in [0.5, 0.6) is 0 Å². The minimum atomic E-state index is 0.564. The molecule has 0 saturated carbocycles. The molecule has 2 atom stereocenters. The third-order valence-corrected chi connectivity index (χ3v) is 6.67. The molecule has 0 radical (unpaired) electrons. The first kappa shape index (κ1) is 25.9. The highest BCUT2D eigenvalue weighted by Crippen LogP contribution is 2.33. The molecule has 0 spiro atoms. The minimum Gasteiger partial charge on any atom is -0.0683 e. The molecule has 0 aromatic heterocycles. The van der Waals surface area contributed by atoms with Crippen molar-refractivity contribution in [3.05, 3.63) is 106 Å². The lowest BCUT2D eigenvalue weighted by Crippen LogP contribution is -2.07. The molecule has 0 saturated heterocycles. The zero-order chi connectivity index (χ0) is 23.3. The maximum atomic E-state index is 2.39. The fourth-order valence-electron chi connectivity index (χ4n) is 4.37. The van der Waals surface area contributed by atoms with Gasteiger partial charge in [-0.1, -0.05) is 114 Å². The largest absolute Gasteiger partial charge is 0.0683 e. The maximum absolute atomic E-state index is 2.39. The number of aryl methyl sites for hydroxylation is 4. The van der Waals surface area contributed by atoms with Crippen LogP contribution in [-0.4, -0.2) is 0 Å². The van der Waals surface area contributed by atoms with E-state index in [1.807, 2.05) is 13.8 Å². The first-order valence-corrected chi connectivity index (χ1v) is 12.9. The lowest BCUT2D eigenvalue weighted by atomic mass is 9.82. The molecule has 172 valence electrons. The van der Waals surface area contributed by atoms with E-state index in [1.54, 1.807) is 0 Å². The molecule has 2 unspecified atom stereocenters. The van der Waals surface area contributed by atoms with Gasteiger partial charge in [0.05, 0.1) is 0 Å². The fourth-order valence-corrected chi connectivity index (χ4v) is 4.37. The van der Waals surface area contributed by atoms with Gasteiger partial charge in [-0.3, -0.25) is 0 Å². The van der Waals surface area contributed by atoms with Crippen molar-refractivity contribution in [3.63, 3.8) is 0 Å². The molecule has 0 heterocycles. The summed E-state index contributed by atoms with van der Waals surface area (Å²) in [6.07, 6.45) is 6.87. The van der Waals surface area contributed by atoms with E-state index in [2.05, 4.69) is 100 Å². The minimum absolute atomic E-state index is 0.564. The molecule has 0 amide bonds. The molecule has 0 aliphatic heterocycles. The average molecular weight is 429 g/mol. The Morgan fingerprint density at radius 2 is 0.906 bits per heavy atom. The second-order valence-corrected chi connectivity index (χ2v) is 8.73. The third-order valence-electron chi connectivity index (χ3n) is 6.67. The van der Waals surface area contributed by atoms with Crippen LogP contribution in [0.3, 0.4) is 0 Å². The van der Waals surface area contributed by atoms with Crippen LogP contribution in [0.15, 0.2) is 72.8 Å². The van der Waals surface area contributed by atoms with Gasteiger partial charge < -0.3 is 0 Å². The van der Waals surface area contributed by atoms with Gasteiger partial charge in [-0.15, -0.1) is 0 Å². The molecule has 0 aliphatic rings. The summed E-state index contributed by atoms with van der Waals surface area (Å²) in [5.74, 6) is 1.15. The summed E-state index contributed by atoms with van der Waals surface area (Å²) in [7, 11) is 0. The second-order valence-electron chi connectivity index (χ2n) is 8.73. The third kappa shape index (κ3) is 7.66. The van der Waals surface area contributed by atoms with Crippen LogP contribution in [0.4, 0.5) is 0 Å². The van der Waals surface area contributed by atoms with Gasteiger partial charge in [-0.05, 0) is 83.7 Å². The van der Waals surface area contributed by atoms with Crippen molar-refractivity contribution < 1.29 is 0 Å². The van der Waals surface area contributed by atoms with Crippen LogP contribution >= 0.6 is 0 Å². The van der Waals surface area contributed by atoms with Crippen molar-refractivity contribution in [2.75, 3.05) is 0 Å². The van der Waals surface area contributed by atoms with Gasteiger partial charge in [0.15, 0.2) is 0 Å². The van der Waals surface area contributed by atoms with Crippen LogP contribution in [0, 0.1) is 0 Å². The zero-order valence-corrected chi connectivity index (χ0v) is 21.3. The van der Waals surface area contributed by atoms with Crippen LogP contribution in [0.25, 0.3) is 0 Å². The topological polar surface area (TPSA) is 0 Å². The summed E-state index contributed by atoms with van der Waals surface area (Å²) < 4.78 is 0. The first-order chi connectivity index (χ1) is 15.6. The predicted octanol–water partition coefficient (Wildman–Crippen LogP) is 9.31. The zero-order valence-electron chi connectivity index (χ0n) is 21.3. The summed E-state index contributed by atoms with van der Waals surface area (Å²) in [4.78, 5) is 0. The number of benzene rings is 3. The van der Waals surface area contributed by atoms with Gasteiger partial charge in [-0.2, -0.15) is 0 Å². The molecule has 32 heavy (non-hydrogen) atoms. The van der Waals surface area contributed by atoms with Crippen molar-refractivity contribution in [1.29, 1.82) is 0 Å². The van der Waals surface area contributed by atoms with Crippen molar-refractivity contribution >= 4 is 0 Å². The van der Waals surface area contributed by atoms with E-state index in [9.17, 15) is 0 Å². The van der Waals surface area contributed by atoms with Crippen molar-refractivity contribution in [2.45, 2.75) is 91.9 Å². The van der Waals surface area contributed by atoms with Crippen molar-refractivity contribution in [3.8, 4) is 0 Å². The Kier molecular flexibility index (Phi) is 11.3. The molecule has 0 bridgehead atoms. The van der Waals surface area contributed by atoms with E-state index in [1.165, 1.54) is 46.2 Å². The Labute approximate surface area is 198 Å². The van der Waals surface area contributed by atoms with Gasteiger partial charge in [0.2, 0.25) is 0 Å². The second kappa shape index (κ2) is 13.9. The average Bonchev–Trinajstić information content (AvgIpc) is 2.88. The Morgan fingerprint density at radius 3 is 1.34 bits per heavy atom. The van der Waals surface area contributed by atoms with Gasteiger partial charge in [0, 0.05) is 0 Å². The normalized spacial score (nSPS) is 12.6. The van der Waals surface area contributed by atoms with Crippen LogP contribution in [-0.2, 0) is 25.7 Å². The highest BCUT2D eigenvalue weighted by Gasteiger charge is 2.17. The van der Waals surface area contributed by atoms with E-state index >= 15 is 0 Å². The van der Waals surface area contributed by atoms with Gasteiger partial charge in [-0.25, -0.2) is 0 Å². The maximum Gasteiger partial charge on any atom is -0.0153 e. The molecule has 3 aromatic carbocycles. The van der Waals surface area contributed by atoms with E-state index in [0.717, 1.165) is 25.7 Å². The summed E-state index contributed by atoms with van der Waals surface area (Å²) in [6.45, 7) is 13.1. The van der Waals surface area contributed by atoms with Crippen LogP contribution in [0.2, 0.25) is 0 Å². The van der Waals surface area contributed by atoms with E-state index < -0.39 is 0 Å². The van der Waals surface area contributed by atoms with Crippen LogP contribution in [0.1, 0.15) is 99.6 Å². The lowest BCUT2D eigenvalue weighted by Gasteiger charge is -2.23. The highest BCUT2D eigenvalue weighted by molar-refractivity contribution is 5.29. The smallest absolute Gasteiger partial charge is 0.0153 e. The Bertz CT molecular complexity index is 869. The number of rotatable bonds is 10. The molecule has 0 fully saturated rings. The molecule has 0 heteroatoms. The standard InChI is InChI=1S/C30H38.C2H6/c1-5-24-8-10-27(11-9-24)16-21-30(29-19-14-26(7-3)15-20-29)22-23(4)28-17-12-25(6-2)13-18-28;1-2/h8-15,17-20,23,30H,5-7,16,21-22H2,1-4H3;1-2H3. The summed E-state index contributed by atoms with van der Waals surface area (Å²) in [5.41, 5.74) is 8.70. The molecular weight excluding hydrogens is 384 g/mol. The van der Waals surface area contributed by atoms with Gasteiger partial charge >= 0.3 is 0 Å². The molecule has 3 rings (SSSR count). The van der Waals surface area contributed by atoms with E-state index in [-0.39, 0.29) is 0 Å². The monoisotopic (exact) mass is 428 g/mol. The van der Waals surface area contributed by atoms with Crippen molar-refractivity contribution in [1.82, 2.24) is 0 Å². The summed E-state index contributed by atoms with van der Waals surface area (Å²) >= 11 is 0. The molecule has 0 nitrogen and oxygen atoms in total. The Morgan fingerprint density at radius 1 is 0.531 bits per heavy atom. The molecule has 0 N–H and O–H groups in total.